The normalized spacial score (nSPS) is 24.1. The Morgan fingerprint density at radius 2 is 1.41 bits per heavy atom. The molecule has 12 nitrogen and oxygen atoms in total. The number of esters is 4. The van der Waals surface area contributed by atoms with Crippen LogP contribution < -0.4 is 10.4 Å². The number of hydrogen-bond donors (Lipinski definition) is 0. The summed E-state index contributed by atoms with van der Waals surface area (Å²) in [5.74, 6) is -3.26. The molecular weight excluding hydrogens is 456 g/mol. The standard InChI is InChI=1S/C22H22O12/c1-10(23)29-17-18(30-11(2)24)20(31-12(3)25)22(34-19(17)21(27)28-4)32-14-7-5-13-6-8-16(26)33-15(13)9-14/h5-9,17-20,22H,1-4H3/t17-,18-,19-,20+,22+/m0/s1. The third kappa shape index (κ3) is 5.70. The van der Waals surface area contributed by atoms with E-state index in [1.807, 2.05) is 0 Å². The number of benzene rings is 1. The average molecular weight is 478 g/mol. The van der Waals surface area contributed by atoms with Gasteiger partial charge in [0.25, 0.3) is 0 Å². The first kappa shape index (κ1) is 24.7. The maximum Gasteiger partial charge on any atom is 0.339 e. The minimum Gasteiger partial charge on any atom is -0.467 e. The molecule has 0 radical (unpaired) electrons. The van der Waals surface area contributed by atoms with E-state index in [0.717, 1.165) is 27.9 Å². The van der Waals surface area contributed by atoms with Crippen molar-refractivity contribution in [3.63, 3.8) is 0 Å². The van der Waals surface area contributed by atoms with Crippen molar-refractivity contribution < 1.29 is 52.0 Å². The molecule has 1 aromatic heterocycles. The predicted octanol–water partition coefficient (Wildman–Crippen LogP) is 0.865. The van der Waals surface area contributed by atoms with E-state index in [9.17, 15) is 24.0 Å². The zero-order valence-electron chi connectivity index (χ0n) is 18.7. The summed E-state index contributed by atoms with van der Waals surface area (Å²) in [5.41, 5.74) is -0.384. The summed E-state index contributed by atoms with van der Waals surface area (Å²) >= 11 is 0. The van der Waals surface area contributed by atoms with Crippen molar-refractivity contribution in [1.29, 1.82) is 0 Å². The second kappa shape index (κ2) is 10.3. The molecule has 0 aliphatic carbocycles. The van der Waals surface area contributed by atoms with Gasteiger partial charge in [-0.05, 0) is 18.2 Å². The molecule has 0 N–H and O–H groups in total. The molecule has 0 amide bonds. The smallest absolute Gasteiger partial charge is 0.339 e. The maximum atomic E-state index is 12.4. The molecule has 1 saturated heterocycles. The van der Waals surface area contributed by atoms with Crippen LogP contribution in [0.2, 0.25) is 0 Å². The fraction of sp³-hybridized carbons (Fsp3) is 0.409. The van der Waals surface area contributed by atoms with Crippen LogP contribution in [0, 0.1) is 0 Å². The van der Waals surface area contributed by atoms with E-state index < -0.39 is 60.2 Å². The Labute approximate surface area is 192 Å². The molecular formula is C22H22O12. The molecule has 12 heteroatoms. The lowest BCUT2D eigenvalue weighted by Gasteiger charge is -2.43. The van der Waals surface area contributed by atoms with Crippen molar-refractivity contribution in [3.8, 4) is 5.75 Å². The molecule has 182 valence electrons. The number of hydrogen-bond acceptors (Lipinski definition) is 12. The minimum absolute atomic E-state index is 0.111. The average Bonchev–Trinajstić information content (AvgIpc) is 2.75. The van der Waals surface area contributed by atoms with Gasteiger partial charge < -0.3 is 32.8 Å². The number of carbonyl (C=O) groups excluding carboxylic acids is 4. The first-order valence-electron chi connectivity index (χ1n) is 10.0. The Bertz CT molecular complexity index is 1150. The minimum atomic E-state index is -1.59. The molecule has 3 rings (SSSR count). The van der Waals surface area contributed by atoms with Crippen molar-refractivity contribution in [2.24, 2.45) is 0 Å². The largest absolute Gasteiger partial charge is 0.467 e. The quantitative estimate of drug-likeness (QED) is 0.329. The molecule has 0 spiro atoms. The molecule has 1 aliphatic rings. The van der Waals surface area contributed by atoms with Crippen molar-refractivity contribution in [3.05, 3.63) is 40.8 Å². The van der Waals surface area contributed by atoms with Crippen molar-refractivity contribution in [1.82, 2.24) is 0 Å². The highest BCUT2D eigenvalue weighted by atomic mass is 16.7. The molecule has 0 bridgehead atoms. The van der Waals surface area contributed by atoms with E-state index in [0.29, 0.717) is 5.39 Å². The van der Waals surface area contributed by atoms with Crippen LogP contribution in [0.15, 0.2) is 39.5 Å². The molecule has 2 heterocycles. The van der Waals surface area contributed by atoms with Crippen LogP contribution in [0.4, 0.5) is 0 Å². The molecule has 1 fully saturated rings. The highest BCUT2D eigenvalue weighted by molar-refractivity contribution is 5.78. The second-order valence-corrected chi connectivity index (χ2v) is 7.24. The Hall–Kier alpha value is -3.93. The van der Waals surface area contributed by atoms with Gasteiger partial charge in [0.1, 0.15) is 11.3 Å². The van der Waals surface area contributed by atoms with Crippen molar-refractivity contribution in [2.45, 2.75) is 51.5 Å². The second-order valence-electron chi connectivity index (χ2n) is 7.24. The maximum absolute atomic E-state index is 12.4. The first-order chi connectivity index (χ1) is 16.1. The van der Waals surface area contributed by atoms with Gasteiger partial charge in [-0.1, -0.05) is 0 Å². The van der Waals surface area contributed by atoms with Crippen LogP contribution in [0.1, 0.15) is 20.8 Å². The van der Waals surface area contributed by atoms with Crippen molar-refractivity contribution in [2.75, 3.05) is 7.11 Å². The monoisotopic (exact) mass is 478 g/mol. The SMILES string of the molecule is COC(=O)[C@H]1O[C@@H](Oc2ccc3ccc(=O)oc3c2)[C@H](OC(C)=O)[C@@H](OC(C)=O)[C@@H]1OC(C)=O. The number of ether oxygens (including phenoxy) is 6. The van der Waals surface area contributed by atoms with E-state index in [2.05, 4.69) is 0 Å². The summed E-state index contributed by atoms with van der Waals surface area (Å²) in [6.45, 7) is 3.25. The van der Waals surface area contributed by atoms with Crippen molar-refractivity contribution >= 4 is 34.8 Å². The highest BCUT2D eigenvalue weighted by Crippen LogP contribution is 2.32. The molecule has 2 aromatic rings. The molecule has 1 aliphatic heterocycles. The fourth-order valence-corrected chi connectivity index (χ4v) is 3.42. The van der Waals surface area contributed by atoms with E-state index in [1.165, 1.54) is 18.2 Å². The zero-order chi connectivity index (χ0) is 25.0. The van der Waals surface area contributed by atoms with E-state index in [1.54, 1.807) is 12.1 Å². The lowest BCUT2D eigenvalue weighted by atomic mass is 9.97. The fourth-order valence-electron chi connectivity index (χ4n) is 3.42. The summed E-state index contributed by atoms with van der Waals surface area (Å²) in [6, 6.07) is 7.31. The summed E-state index contributed by atoms with van der Waals surface area (Å²) in [7, 11) is 1.08. The number of rotatable bonds is 6. The molecule has 1 aromatic carbocycles. The number of methoxy groups -OCH3 is 1. The molecule has 5 atom stereocenters. The molecule has 0 saturated carbocycles. The molecule has 0 unspecified atom stereocenters. The van der Waals surface area contributed by atoms with E-state index >= 15 is 0 Å². The highest BCUT2D eigenvalue weighted by Gasteiger charge is 2.55. The van der Waals surface area contributed by atoms with Crippen LogP contribution in [0.3, 0.4) is 0 Å². The van der Waals surface area contributed by atoms with Gasteiger partial charge in [0.2, 0.25) is 12.4 Å². The number of carbonyl (C=O) groups is 4. The lowest BCUT2D eigenvalue weighted by molar-refractivity contribution is -0.282. The van der Waals surface area contributed by atoms with Gasteiger partial charge in [-0.25, -0.2) is 9.59 Å². The Kier molecular flexibility index (Phi) is 7.51. The summed E-state index contributed by atoms with van der Waals surface area (Å²) < 4.78 is 37.1. The third-order valence-corrected chi connectivity index (χ3v) is 4.68. The van der Waals surface area contributed by atoms with Gasteiger partial charge in [0, 0.05) is 38.3 Å². The van der Waals surface area contributed by atoms with E-state index in [-0.39, 0.29) is 11.3 Å². The summed E-state index contributed by atoms with van der Waals surface area (Å²) in [6.07, 6.45) is -7.55. The van der Waals surface area contributed by atoms with Crippen LogP contribution in [-0.4, -0.2) is 61.7 Å². The van der Waals surface area contributed by atoms with Gasteiger partial charge in [-0.15, -0.1) is 0 Å². The van der Waals surface area contributed by atoms with Gasteiger partial charge in [-0.3, -0.25) is 14.4 Å². The first-order valence-corrected chi connectivity index (χ1v) is 10.0. The van der Waals surface area contributed by atoms with Crippen LogP contribution in [0.5, 0.6) is 5.75 Å². The summed E-state index contributed by atoms with van der Waals surface area (Å²) in [5, 5.41) is 0.605. The zero-order valence-corrected chi connectivity index (χ0v) is 18.7. The van der Waals surface area contributed by atoms with Gasteiger partial charge in [0.15, 0.2) is 18.3 Å². The van der Waals surface area contributed by atoms with E-state index in [4.69, 9.17) is 32.8 Å². The Morgan fingerprint density at radius 3 is 2.03 bits per heavy atom. The molecule has 34 heavy (non-hydrogen) atoms. The van der Waals surface area contributed by atoms with Gasteiger partial charge in [-0.2, -0.15) is 0 Å². The van der Waals surface area contributed by atoms with Crippen LogP contribution in [-0.2, 0) is 42.9 Å². The number of fused-ring (bicyclic) bond motifs is 1. The lowest BCUT2D eigenvalue weighted by Crippen LogP contribution is -2.64. The Morgan fingerprint density at radius 1 is 0.824 bits per heavy atom. The van der Waals surface area contributed by atoms with Gasteiger partial charge in [0.05, 0.1) is 7.11 Å². The third-order valence-electron chi connectivity index (χ3n) is 4.68. The predicted molar refractivity (Wildman–Crippen MR) is 110 cm³/mol. The Balaban J connectivity index is 2.04. The summed E-state index contributed by atoms with van der Waals surface area (Å²) in [4.78, 5) is 59.3. The van der Waals surface area contributed by atoms with Gasteiger partial charge >= 0.3 is 29.5 Å². The topological polar surface area (TPSA) is 154 Å². The van der Waals surface area contributed by atoms with Crippen LogP contribution in [0.25, 0.3) is 11.0 Å². The van der Waals surface area contributed by atoms with Crippen LogP contribution >= 0.6 is 0 Å².